The van der Waals surface area contributed by atoms with Gasteiger partial charge in [0.2, 0.25) is 0 Å². The maximum Gasteiger partial charge on any atom is 0.341 e. The van der Waals surface area contributed by atoms with Crippen molar-refractivity contribution in [3.05, 3.63) is 22.2 Å². The number of carbonyl (C=O) groups is 1. The zero-order chi connectivity index (χ0) is 12.1. The molecule has 1 rings (SSSR count). The van der Waals surface area contributed by atoms with Gasteiger partial charge in [-0.2, -0.15) is 5.26 Å². The highest BCUT2D eigenvalue weighted by atomic mass is 79.9. The van der Waals surface area contributed by atoms with Gasteiger partial charge < -0.3 is 14.6 Å². The minimum atomic E-state index is -1.08. The molecule has 0 fully saturated rings. The van der Waals surface area contributed by atoms with Gasteiger partial charge in [-0.3, -0.25) is 0 Å². The van der Waals surface area contributed by atoms with E-state index in [0.717, 1.165) is 0 Å². The monoisotopic (exact) mass is 285 g/mol. The van der Waals surface area contributed by atoms with Crippen LogP contribution in [0.4, 0.5) is 0 Å². The molecule has 0 aliphatic carbocycles. The summed E-state index contributed by atoms with van der Waals surface area (Å²) in [7, 11) is 1.41. The molecule has 0 spiro atoms. The molecule has 16 heavy (non-hydrogen) atoms. The minimum Gasteiger partial charge on any atom is -0.493 e. The quantitative estimate of drug-likeness (QED) is 0.912. The number of halogens is 1. The first-order valence-corrected chi connectivity index (χ1v) is 5.00. The second-order valence-electron chi connectivity index (χ2n) is 2.78. The number of hydrogen-bond donors (Lipinski definition) is 1. The molecule has 1 aromatic carbocycles. The fraction of sp³-hybridized carbons (Fsp3) is 0.200. The highest BCUT2D eigenvalue weighted by Crippen LogP contribution is 2.33. The standard InChI is InChI=1S/C10H8BrNO4/c1-15-8-2-6(4-12)7(11)3-9(8)16-5-10(13)14/h2-3H,5H2,1H3,(H,13,14). The number of ether oxygens (including phenoxy) is 2. The van der Waals surface area contributed by atoms with E-state index in [-0.39, 0.29) is 5.75 Å². The molecule has 84 valence electrons. The summed E-state index contributed by atoms with van der Waals surface area (Å²) in [6.45, 7) is -0.464. The van der Waals surface area contributed by atoms with Crippen LogP contribution in [-0.4, -0.2) is 24.8 Å². The Bertz CT molecular complexity index is 453. The Kier molecular flexibility index (Phi) is 4.14. The Labute approximate surface area is 100 Å². The number of carboxylic acids is 1. The van der Waals surface area contributed by atoms with Gasteiger partial charge in [-0.05, 0) is 22.0 Å². The van der Waals surface area contributed by atoms with Gasteiger partial charge in [0.05, 0.1) is 12.7 Å². The Morgan fingerprint density at radius 2 is 2.25 bits per heavy atom. The third-order valence-electron chi connectivity index (χ3n) is 1.72. The number of nitriles is 1. The molecule has 0 radical (unpaired) electrons. The number of nitrogens with zero attached hydrogens (tertiary/aromatic N) is 1. The van der Waals surface area contributed by atoms with Gasteiger partial charge in [-0.25, -0.2) is 4.79 Å². The lowest BCUT2D eigenvalue weighted by molar-refractivity contribution is -0.139. The van der Waals surface area contributed by atoms with Crippen LogP contribution in [0.15, 0.2) is 16.6 Å². The van der Waals surface area contributed by atoms with Crippen molar-refractivity contribution in [1.29, 1.82) is 5.26 Å². The summed E-state index contributed by atoms with van der Waals surface area (Å²) >= 11 is 3.17. The van der Waals surface area contributed by atoms with E-state index in [9.17, 15) is 4.79 Å². The Morgan fingerprint density at radius 3 is 2.75 bits per heavy atom. The van der Waals surface area contributed by atoms with E-state index < -0.39 is 12.6 Å². The normalized spacial score (nSPS) is 9.31. The van der Waals surface area contributed by atoms with E-state index >= 15 is 0 Å². The predicted octanol–water partition coefficient (Wildman–Crippen LogP) is 1.79. The van der Waals surface area contributed by atoms with Gasteiger partial charge in [0.1, 0.15) is 6.07 Å². The number of methoxy groups -OCH3 is 1. The van der Waals surface area contributed by atoms with E-state index in [1.165, 1.54) is 19.2 Å². The molecule has 0 amide bonds. The first-order chi connectivity index (χ1) is 7.58. The fourth-order valence-corrected chi connectivity index (χ4v) is 1.44. The molecule has 0 aliphatic rings. The van der Waals surface area contributed by atoms with Gasteiger partial charge in [0.25, 0.3) is 0 Å². The number of aliphatic carboxylic acids is 1. The van der Waals surface area contributed by atoms with Crippen molar-refractivity contribution >= 4 is 21.9 Å². The Balaban J connectivity index is 3.04. The molecular weight excluding hydrogens is 278 g/mol. The van der Waals surface area contributed by atoms with Crippen LogP contribution < -0.4 is 9.47 Å². The van der Waals surface area contributed by atoms with Crippen LogP contribution >= 0.6 is 15.9 Å². The molecule has 5 nitrogen and oxygen atoms in total. The SMILES string of the molecule is COc1cc(C#N)c(Br)cc1OCC(=O)O. The van der Waals surface area contributed by atoms with Crippen molar-refractivity contribution in [2.75, 3.05) is 13.7 Å². The highest BCUT2D eigenvalue weighted by molar-refractivity contribution is 9.10. The van der Waals surface area contributed by atoms with Crippen LogP contribution in [0.1, 0.15) is 5.56 Å². The van der Waals surface area contributed by atoms with Gasteiger partial charge in [-0.15, -0.1) is 0 Å². The van der Waals surface area contributed by atoms with E-state index in [1.54, 1.807) is 0 Å². The highest BCUT2D eigenvalue weighted by Gasteiger charge is 2.11. The molecule has 1 aromatic rings. The Hall–Kier alpha value is -1.74. The van der Waals surface area contributed by atoms with Crippen LogP contribution in [0.5, 0.6) is 11.5 Å². The van der Waals surface area contributed by atoms with Crippen molar-refractivity contribution in [1.82, 2.24) is 0 Å². The molecule has 0 atom stereocenters. The molecule has 0 saturated heterocycles. The molecule has 0 aromatic heterocycles. The lowest BCUT2D eigenvalue weighted by Crippen LogP contribution is -2.10. The maximum atomic E-state index is 10.4. The summed E-state index contributed by atoms with van der Waals surface area (Å²) in [4.78, 5) is 10.4. The molecule has 0 saturated carbocycles. The summed E-state index contributed by atoms with van der Waals surface area (Å²) in [5.74, 6) is -0.487. The lowest BCUT2D eigenvalue weighted by atomic mass is 10.2. The molecule has 0 aliphatic heterocycles. The summed E-state index contributed by atoms with van der Waals surface area (Å²) in [5.41, 5.74) is 0.388. The van der Waals surface area contributed by atoms with Crippen LogP contribution in [0.3, 0.4) is 0 Å². The third kappa shape index (κ3) is 2.87. The topological polar surface area (TPSA) is 79.5 Å². The second kappa shape index (κ2) is 5.37. The van der Waals surface area contributed by atoms with Crippen molar-refractivity contribution < 1.29 is 19.4 Å². The van der Waals surface area contributed by atoms with Crippen LogP contribution in [0.2, 0.25) is 0 Å². The average molecular weight is 286 g/mol. The summed E-state index contributed by atoms with van der Waals surface area (Å²) in [6, 6.07) is 4.94. The third-order valence-corrected chi connectivity index (χ3v) is 2.38. The van der Waals surface area contributed by atoms with E-state index in [0.29, 0.717) is 15.8 Å². The van der Waals surface area contributed by atoms with Crippen LogP contribution in [-0.2, 0) is 4.79 Å². The molecule has 6 heteroatoms. The van der Waals surface area contributed by atoms with E-state index in [4.69, 9.17) is 19.8 Å². The molecule has 0 bridgehead atoms. The smallest absolute Gasteiger partial charge is 0.341 e. The van der Waals surface area contributed by atoms with E-state index in [2.05, 4.69) is 15.9 Å². The number of hydrogen-bond acceptors (Lipinski definition) is 4. The molecule has 1 N–H and O–H groups in total. The summed E-state index contributed by atoms with van der Waals surface area (Å²) < 4.78 is 10.5. The zero-order valence-electron chi connectivity index (χ0n) is 8.36. The van der Waals surface area contributed by atoms with Gasteiger partial charge in [0.15, 0.2) is 18.1 Å². The van der Waals surface area contributed by atoms with Crippen molar-refractivity contribution in [2.24, 2.45) is 0 Å². The summed E-state index contributed by atoms with van der Waals surface area (Å²) in [6.07, 6.45) is 0. The first-order valence-electron chi connectivity index (χ1n) is 4.20. The number of rotatable bonds is 4. The molecular formula is C10H8BrNO4. The first kappa shape index (κ1) is 12.3. The minimum absolute atomic E-state index is 0.274. The second-order valence-corrected chi connectivity index (χ2v) is 3.63. The number of benzene rings is 1. The Morgan fingerprint density at radius 1 is 1.56 bits per heavy atom. The molecule has 0 unspecified atom stereocenters. The number of carboxylic acid groups (broad SMARTS) is 1. The molecule has 0 heterocycles. The van der Waals surface area contributed by atoms with E-state index in [1.807, 2.05) is 6.07 Å². The lowest BCUT2D eigenvalue weighted by Gasteiger charge is -2.10. The van der Waals surface area contributed by atoms with Crippen LogP contribution in [0, 0.1) is 11.3 Å². The van der Waals surface area contributed by atoms with Gasteiger partial charge in [0, 0.05) is 10.5 Å². The van der Waals surface area contributed by atoms with Crippen molar-refractivity contribution in [3.63, 3.8) is 0 Å². The van der Waals surface area contributed by atoms with Gasteiger partial charge in [-0.1, -0.05) is 0 Å². The van der Waals surface area contributed by atoms with Crippen LogP contribution in [0.25, 0.3) is 0 Å². The fourth-order valence-electron chi connectivity index (χ4n) is 1.03. The largest absolute Gasteiger partial charge is 0.493 e. The van der Waals surface area contributed by atoms with Gasteiger partial charge >= 0.3 is 5.97 Å². The maximum absolute atomic E-state index is 10.4. The summed E-state index contributed by atoms with van der Waals surface area (Å²) in [5, 5.41) is 17.3. The van der Waals surface area contributed by atoms with Crippen molar-refractivity contribution in [3.8, 4) is 17.6 Å². The average Bonchev–Trinajstić information content (AvgIpc) is 2.26. The zero-order valence-corrected chi connectivity index (χ0v) is 9.94. The van der Waals surface area contributed by atoms with Crippen molar-refractivity contribution in [2.45, 2.75) is 0 Å². The predicted molar refractivity (Wildman–Crippen MR) is 58.5 cm³/mol.